The van der Waals surface area contributed by atoms with Crippen LogP contribution in [-0.4, -0.2) is 9.97 Å². The van der Waals surface area contributed by atoms with E-state index >= 15 is 0 Å². The summed E-state index contributed by atoms with van der Waals surface area (Å²) in [5.41, 5.74) is 3.92. The summed E-state index contributed by atoms with van der Waals surface area (Å²) in [6.07, 6.45) is -4.90. The number of hydrogen-bond donors (Lipinski definition) is 1. The van der Waals surface area contributed by atoms with E-state index < -0.39 is 46.5 Å². The highest BCUT2D eigenvalue weighted by molar-refractivity contribution is 5.62. The molecule has 20 heavy (non-hydrogen) atoms. The predicted molar refractivity (Wildman–Crippen MR) is 56.8 cm³/mol. The van der Waals surface area contributed by atoms with E-state index in [0.717, 1.165) is 6.07 Å². The molecular weight excluding hydrogens is 288 g/mol. The van der Waals surface area contributed by atoms with Crippen LogP contribution in [0.3, 0.4) is 0 Å². The molecular formula is C11H5F6N3. The zero-order chi connectivity index (χ0) is 15.1. The molecule has 0 unspecified atom stereocenters. The molecule has 0 bridgehead atoms. The lowest BCUT2D eigenvalue weighted by Crippen LogP contribution is -2.13. The fraction of sp³-hybridized carbons (Fsp3) is 0.0909. The van der Waals surface area contributed by atoms with Crippen LogP contribution in [0.2, 0.25) is 0 Å². The van der Waals surface area contributed by atoms with Crippen LogP contribution in [-0.2, 0) is 6.18 Å². The van der Waals surface area contributed by atoms with E-state index in [9.17, 15) is 26.3 Å². The Morgan fingerprint density at radius 1 is 0.850 bits per heavy atom. The van der Waals surface area contributed by atoms with Gasteiger partial charge in [-0.3, -0.25) is 0 Å². The van der Waals surface area contributed by atoms with Gasteiger partial charge in [0.05, 0.1) is 5.69 Å². The Hall–Kier alpha value is -2.32. The maximum atomic E-state index is 13.5. The minimum atomic E-state index is -4.90. The lowest BCUT2D eigenvalue weighted by molar-refractivity contribution is -0.144. The van der Waals surface area contributed by atoms with Gasteiger partial charge in [-0.1, -0.05) is 0 Å². The molecule has 2 rings (SSSR count). The summed E-state index contributed by atoms with van der Waals surface area (Å²) in [6.45, 7) is 0. The zero-order valence-electron chi connectivity index (χ0n) is 9.47. The first-order chi connectivity index (χ1) is 9.18. The van der Waals surface area contributed by atoms with Crippen molar-refractivity contribution in [3.63, 3.8) is 0 Å². The number of nitrogen functional groups attached to an aromatic ring is 1. The van der Waals surface area contributed by atoms with Gasteiger partial charge >= 0.3 is 6.18 Å². The number of benzene rings is 1. The summed E-state index contributed by atoms with van der Waals surface area (Å²) in [7, 11) is 0. The first-order valence-electron chi connectivity index (χ1n) is 5.05. The van der Waals surface area contributed by atoms with Gasteiger partial charge in [0.25, 0.3) is 0 Å². The predicted octanol–water partition coefficient (Wildman–Crippen LogP) is 3.16. The SMILES string of the molecule is Nc1cc(-c2cc(F)c(F)cc2F)nc(C(F)(F)F)n1. The van der Waals surface area contributed by atoms with Crippen molar-refractivity contribution >= 4 is 5.82 Å². The topological polar surface area (TPSA) is 51.8 Å². The van der Waals surface area contributed by atoms with Crippen molar-refractivity contribution < 1.29 is 26.3 Å². The highest BCUT2D eigenvalue weighted by Gasteiger charge is 2.35. The summed E-state index contributed by atoms with van der Waals surface area (Å²) in [5.74, 6) is -6.34. The summed E-state index contributed by atoms with van der Waals surface area (Å²) < 4.78 is 76.8. The number of nitrogens with zero attached hydrogens (tertiary/aromatic N) is 2. The third-order valence-electron chi connectivity index (χ3n) is 2.29. The molecule has 0 aliphatic heterocycles. The monoisotopic (exact) mass is 293 g/mol. The van der Waals surface area contributed by atoms with Crippen molar-refractivity contribution in [1.29, 1.82) is 0 Å². The molecule has 0 atom stereocenters. The molecule has 0 aliphatic carbocycles. The van der Waals surface area contributed by atoms with E-state index in [1.165, 1.54) is 0 Å². The number of anilines is 1. The lowest BCUT2D eigenvalue weighted by atomic mass is 10.1. The van der Waals surface area contributed by atoms with Crippen LogP contribution in [0, 0.1) is 17.5 Å². The second-order valence-corrected chi connectivity index (χ2v) is 3.75. The van der Waals surface area contributed by atoms with Crippen molar-refractivity contribution in [3.8, 4) is 11.3 Å². The Morgan fingerprint density at radius 2 is 1.45 bits per heavy atom. The van der Waals surface area contributed by atoms with Crippen molar-refractivity contribution in [1.82, 2.24) is 9.97 Å². The molecule has 2 N–H and O–H groups in total. The Labute approximate surface area is 108 Å². The Bertz CT molecular complexity index is 668. The Morgan fingerprint density at radius 3 is 2.05 bits per heavy atom. The fourth-order valence-electron chi connectivity index (χ4n) is 1.45. The third kappa shape index (κ3) is 2.65. The van der Waals surface area contributed by atoms with Gasteiger partial charge in [-0.05, 0) is 6.07 Å². The highest BCUT2D eigenvalue weighted by atomic mass is 19.4. The summed E-state index contributed by atoms with van der Waals surface area (Å²) in [4.78, 5) is 6.01. The van der Waals surface area contributed by atoms with E-state index in [4.69, 9.17) is 5.73 Å². The number of nitrogens with two attached hydrogens (primary N) is 1. The van der Waals surface area contributed by atoms with Crippen LogP contribution < -0.4 is 5.73 Å². The van der Waals surface area contributed by atoms with Crippen LogP contribution in [0.5, 0.6) is 0 Å². The van der Waals surface area contributed by atoms with Gasteiger partial charge in [-0.25, -0.2) is 23.1 Å². The number of aromatic nitrogens is 2. The molecule has 2 aromatic rings. The molecule has 3 nitrogen and oxygen atoms in total. The third-order valence-corrected chi connectivity index (χ3v) is 2.29. The minimum Gasteiger partial charge on any atom is -0.384 e. The largest absolute Gasteiger partial charge is 0.451 e. The van der Waals surface area contributed by atoms with Crippen LogP contribution >= 0.6 is 0 Å². The molecule has 0 radical (unpaired) electrons. The molecule has 0 fully saturated rings. The normalized spacial score (nSPS) is 11.7. The zero-order valence-corrected chi connectivity index (χ0v) is 9.47. The van der Waals surface area contributed by atoms with E-state index in [-0.39, 0.29) is 6.07 Å². The Kier molecular flexibility index (Phi) is 3.28. The lowest BCUT2D eigenvalue weighted by Gasteiger charge is -2.09. The average molecular weight is 293 g/mol. The first kappa shape index (κ1) is 14.1. The maximum absolute atomic E-state index is 13.5. The summed E-state index contributed by atoms with van der Waals surface area (Å²) in [5, 5.41) is 0. The van der Waals surface area contributed by atoms with E-state index in [0.29, 0.717) is 6.07 Å². The molecule has 106 valence electrons. The van der Waals surface area contributed by atoms with Crippen LogP contribution in [0.4, 0.5) is 32.2 Å². The van der Waals surface area contributed by atoms with E-state index in [2.05, 4.69) is 9.97 Å². The number of halogens is 6. The second kappa shape index (κ2) is 4.66. The molecule has 1 aromatic heterocycles. The fourth-order valence-corrected chi connectivity index (χ4v) is 1.45. The number of alkyl halides is 3. The molecule has 0 amide bonds. The van der Waals surface area contributed by atoms with Gasteiger partial charge in [0, 0.05) is 17.7 Å². The van der Waals surface area contributed by atoms with Crippen LogP contribution in [0.15, 0.2) is 18.2 Å². The first-order valence-corrected chi connectivity index (χ1v) is 5.05. The van der Waals surface area contributed by atoms with E-state index in [1.54, 1.807) is 0 Å². The van der Waals surface area contributed by atoms with Crippen LogP contribution in [0.1, 0.15) is 5.82 Å². The molecule has 0 saturated carbocycles. The molecule has 0 aliphatic rings. The quantitative estimate of drug-likeness (QED) is 0.649. The maximum Gasteiger partial charge on any atom is 0.451 e. The van der Waals surface area contributed by atoms with Crippen molar-refractivity contribution in [2.45, 2.75) is 6.18 Å². The molecule has 1 aromatic carbocycles. The smallest absolute Gasteiger partial charge is 0.384 e. The van der Waals surface area contributed by atoms with Crippen molar-refractivity contribution in [2.75, 3.05) is 5.73 Å². The van der Waals surface area contributed by atoms with E-state index in [1.807, 2.05) is 0 Å². The van der Waals surface area contributed by atoms with Crippen LogP contribution in [0.25, 0.3) is 11.3 Å². The Balaban J connectivity index is 2.64. The highest BCUT2D eigenvalue weighted by Crippen LogP contribution is 2.30. The van der Waals surface area contributed by atoms with Gasteiger partial charge < -0.3 is 5.73 Å². The average Bonchev–Trinajstić information content (AvgIpc) is 2.32. The van der Waals surface area contributed by atoms with Crippen molar-refractivity contribution in [2.24, 2.45) is 0 Å². The van der Waals surface area contributed by atoms with Gasteiger partial charge in [-0.15, -0.1) is 0 Å². The second-order valence-electron chi connectivity index (χ2n) is 3.75. The molecule has 1 heterocycles. The molecule has 0 spiro atoms. The number of hydrogen-bond acceptors (Lipinski definition) is 3. The summed E-state index contributed by atoms with van der Waals surface area (Å²) >= 11 is 0. The van der Waals surface area contributed by atoms with Crippen molar-refractivity contribution in [3.05, 3.63) is 41.5 Å². The summed E-state index contributed by atoms with van der Waals surface area (Å²) in [6, 6.07) is 1.42. The van der Waals surface area contributed by atoms with Gasteiger partial charge in [0.2, 0.25) is 5.82 Å². The number of rotatable bonds is 1. The standard InChI is InChI=1S/C11H5F6N3/c12-5-2-7(14)6(13)1-4(5)8-3-9(18)20-10(19-8)11(15,16)17/h1-3H,(H2,18,19,20). The van der Waals surface area contributed by atoms with Gasteiger partial charge in [0.1, 0.15) is 11.6 Å². The minimum absolute atomic E-state index is 0.205. The van der Waals surface area contributed by atoms with Gasteiger partial charge in [0.15, 0.2) is 11.6 Å². The molecule has 0 saturated heterocycles. The van der Waals surface area contributed by atoms with Gasteiger partial charge in [-0.2, -0.15) is 13.2 Å². The molecule has 9 heteroatoms.